The van der Waals surface area contributed by atoms with Gasteiger partial charge in [0.05, 0.1) is 27.9 Å². The first kappa shape index (κ1) is 20.0. The molecule has 0 aromatic heterocycles. The van der Waals surface area contributed by atoms with Crippen LogP contribution in [-0.2, 0) is 4.79 Å². The van der Waals surface area contributed by atoms with Gasteiger partial charge in [-0.1, -0.05) is 36.1 Å². The molecular formula is C19H16INO4S2. The number of nitrogens with zero attached hydrogens (tertiary/aromatic N) is 1. The Hall–Kier alpha value is -1.78. The minimum absolute atomic E-state index is 0.0937. The molecule has 140 valence electrons. The zero-order valence-electron chi connectivity index (χ0n) is 14.6. The summed E-state index contributed by atoms with van der Waals surface area (Å²) >= 11 is 8.68. The first-order valence-corrected chi connectivity index (χ1v) is 10.3. The van der Waals surface area contributed by atoms with Crippen LogP contribution < -0.4 is 14.4 Å². The van der Waals surface area contributed by atoms with Gasteiger partial charge in [0, 0.05) is 0 Å². The van der Waals surface area contributed by atoms with Crippen LogP contribution in [0.1, 0.15) is 12.5 Å². The summed E-state index contributed by atoms with van der Waals surface area (Å²) in [5.74, 6) is 0.843. The van der Waals surface area contributed by atoms with E-state index in [0.29, 0.717) is 36.6 Å². The number of benzene rings is 2. The molecule has 0 unspecified atom stereocenters. The van der Waals surface area contributed by atoms with Gasteiger partial charge in [0.1, 0.15) is 5.75 Å². The van der Waals surface area contributed by atoms with Gasteiger partial charge in [-0.25, -0.2) is 0 Å². The van der Waals surface area contributed by atoms with Crippen LogP contribution in [-0.4, -0.2) is 29.1 Å². The average molecular weight is 513 g/mol. The molecule has 0 radical (unpaired) electrons. The van der Waals surface area contributed by atoms with E-state index < -0.39 is 0 Å². The summed E-state index contributed by atoms with van der Waals surface area (Å²) in [6, 6.07) is 10.7. The van der Waals surface area contributed by atoms with Crippen molar-refractivity contribution in [3.05, 3.63) is 50.4 Å². The van der Waals surface area contributed by atoms with Crippen molar-refractivity contribution in [3.8, 4) is 17.2 Å². The van der Waals surface area contributed by atoms with Gasteiger partial charge in [-0.3, -0.25) is 9.69 Å². The maximum atomic E-state index is 13.0. The van der Waals surface area contributed by atoms with Crippen LogP contribution in [0.2, 0.25) is 0 Å². The third kappa shape index (κ3) is 4.07. The predicted octanol–water partition coefficient (Wildman–Crippen LogP) is 4.81. The zero-order valence-corrected chi connectivity index (χ0v) is 18.4. The predicted molar refractivity (Wildman–Crippen MR) is 121 cm³/mol. The Balaban J connectivity index is 1.98. The van der Waals surface area contributed by atoms with Crippen LogP contribution in [0, 0.1) is 3.57 Å². The van der Waals surface area contributed by atoms with E-state index in [4.69, 9.17) is 21.7 Å². The Morgan fingerprint density at radius 1 is 1.30 bits per heavy atom. The molecule has 1 saturated heterocycles. The van der Waals surface area contributed by atoms with Crippen LogP contribution in [0.4, 0.5) is 5.69 Å². The number of rotatable bonds is 5. The molecule has 27 heavy (non-hydrogen) atoms. The Kier molecular flexibility index (Phi) is 6.28. The minimum atomic E-state index is -0.212. The van der Waals surface area contributed by atoms with E-state index in [2.05, 4.69) is 0 Å². The highest BCUT2D eigenvalue weighted by Crippen LogP contribution is 2.40. The molecule has 0 bridgehead atoms. The number of phenols is 1. The number of anilines is 1. The van der Waals surface area contributed by atoms with Crippen molar-refractivity contribution < 1.29 is 19.4 Å². The summed E-state index contributed by atoms with van der Waals surface area (Å²) in [4.78, 5) is 14.9. The lowest BCUT2D eigenvalue weighted by Gasteiger charge is -2.17. The molecule has 8 heteroatoms. The van der Waals surface area contributed by atoms with Gasteiger partial charge in [-0.05, 0) is 65.4 Å². The van der Waals surface area contributed by atoms with Crippen molar-refractivity contribution in [2.24, 2.45) is 0 Å². The third-order valence-corrected chi connectivity index (χ3v) is 5.89. The molecule has 0 aliphatic carbocycles. The van der Waals surface area contributed by atoms with Crippen LogP contribution in [0.15, 0.2) is 41.3 Å². The largest absolute Gasteiger partial charge is 0.504 e. The van der Waals surface area contributed by atoms with Crippen LogP contribution in [0.5, 0.6) is 17.2 Å². The first-order chi connectivity index (χ1) is 13.0. The topological polar surface area (TPSA) is 59.0 Å². The van der Waals surface area contributed by atoms with Gasteiger partial charge in [0.25, 0.3) is 5.91 Å². The zero-order chi connectivity index (χ0) is 19.6. The smallest absolute Gasteiger partial charge is 0.270 e. The molecule has 1 aliphatic heterocycles. The molecule has 2 aromatic rings. The maximum absolute atomic E-state index is 13.0. The summed E-state index contributed by atoms with van der Waals surface area (Å²) in [5, 5.41) is 10.1. The average Bonchev–Trinajstić information content (AvgIpc) is 2.92. The van der Waals surface area contributed by atoms with E-state index in [0.717, 1.165) is 5.56 Å². The standard InChI is InChI=1S/C19H16INO4S2/c1-3-25-15-9-11(8-12(20)17(15)22)10-16-18(23)21(19(26)27-16)13-6-4-5-7-14(13)24-2/h4-10,22H,3H2,1-2H3/b16-10+. The number of hydrogen-bond acceptors (Lipinski definition) is 6. The summed E-state index contributed by atoms with van der Waals surface area (Å²) < 4.78 is 11.9. The van der Waals surface area contributed by atoms with E-state index >= 15 is 0 Å². The SMILES string of the molecule is CCOc1cc(/C=C2/SC(=S)N(c3ccccc3OC)C2=O)cc(I)c1O. The fourth-order valence-electron chi connectivity index (χ4n) is 2.58. The van der Waals surface area contributed by atoms with Gasteiger partial charge >= 0.3 is 0 Å². The monoisotopic (exact) mass is 513 g/mol. The number of thioether (sulfide) groups is 1. The van der Waals surface area contributed by atoms with E-state index in [1.54, 1.807) is 37.5 Å². The number of aromatic hydroxyl groups is 1. The normalized spacial score (nSPS) is 15.5. The van der Waals surface area contributed by atoms with E-state index in [1.165, 1.54) is 16.7 Å². The second-order valence-electron chi connectivity index (χ2n) is 5.47. The highest BCUT2D eigenvalue weighted by atomic mass is 127. The molecule has 0 saturated carbocycles. The second-order valence-corrected chi connectivity index (χ2v) is 8.31. The number of amides is 1. The molecule has 5 nitrogen and oxygen atoms in total. The Bertz CT molecular complexity index is 945. The molecule has 1 amide bonds. The summed E-state index contributed by atoms with van der Waals surface area (Å²) in [7, 11) is 1.56. The van der Waals surface area contributed by atoms with Crippen LogP contribution >= 0.6 is 46.6 Å². The number of hydrogen-bond donors (Lipinski definition) is 1. The minimum Gasteiger partial charge on any atom is -0.504 e. The van der Waals surface area contributed by atoms with E-state index in [-0.39, 0.29) is 11.7 Å². The number of halogens is 1. The molecular weight excluding hydrogens is 497 g/mol. The van der Waals surface area contributed by atoms with Crippen LogP contribution in [0.3, 0.4) is 0 Å². The fraction of sp³-hybridized carbons (Fsp3) is 0.158. The van der Waals surface area contributed by atoms with Crippen molar-refractivity contribution in [3.63, 3.8) is 0 Å². The molecule has 1 aliphatic rings. The Morgan fingerprint density at radius 2 is 2.04 bits per heavy atom. The van der Waals surface area contributed by atoms with E-state index in [1.807, 2.05) is 41.6 Å². The molecule has 1 fully saturated rings. The highest BCUT2D eigenvalue weighted by Gasteiger charge is 2.34. The van der Waals surface area contributed by atoms with Crippen molar-refractivity contribution in [1.82, 2.24) is 0 Å². The lowest BCUT2D eigenvalue weighted by Crippen LogP contribution is -2.27. The van der Waals surface area contributed by atoms with Gasteiger partial charge in [0.2, 0.25) is 0 Å². The molecule has 1 N–H and O–H groups in total. The third-order valence-electron chi connectivity index (χ3n) is 3.77. The number of thiocarbonyl (C=S) groups is 1. The van der Waals surface area contributed by atoms with Gasteiger partial charge in [-0.2, -0.15) is 0 Å². The Morgan fingerprint density at radius 3 is 2.74 bits per heavy atom. The van der Waals surface area contributed by atoms with Crippen molar-refractivity contribution in [2.45, 2.75) is 6.92 Å². The highest BCUT2D eigenvalue weighted by molar-refractivity contribution is 14.1. The molecule has 0 spiro atoms. The molecule has 1 heterocycles. The Labute approximate surface area is 180 Å². The van der Waals surface area contributed by atoms with Gasteiger partial charge < -0.3 is 14.6 Å². The molecule has 3 rings (SSSR count). The van der Waals surface area contributed by atoms with Gasteiger partial charge in [-0.15, -0.1) is 0 Å². The van der Waals surface area contributed by atoms with E-state index in [9.17, 15) is 9.90 Å². The number of para-hydroxylation sites is 2. The molecule has 0 atom stereocenters. The lowest BCUT2D eigenvalue weighted by molar-refractivity contribution is -0.113. The van der Waals surface area contributed by atoms with Gasteiger partial charge in [0.15, 0.2) is 15.8 Å². The number of phenolic OH excluding ortho intramolecular Hbond substituents is 1. The number of carbonyl (C=O) groups is 1. The summed E-state index contributed by atoms with van der Waals surface area (Å²) in [6.45, 7) is 2.28. The number of carbonyl (C=O) groups excluding carboxylic acids is 1. The summed E-state index contributed by atoms with van der Waals surface area (Å²) in [6.07, 6.45) is 1.75. The maximum Gasteiger partial charge on any atom is 0.270 e. The quantitative estimate of drug-likeness (QED) is 0.352. The fourth-order valence-corrected chi connectivity index (χ4v) is 4.49. The van der Waals surface area contributed by atoms with Crippen molar-refractivity contribution in [2.75, 3.05) is 18.6 Å². The van der Waals surface area contributed by atoms with Crippen molar-refractivity contribution in [1.29, 1.82) is 0 Å². The number of ether oxygens (including phenoxy) is 2. The molecule has 2 aromatic carbocycles. The summed E-state index contributed by atoms with van der Waals surface area (Å²) in [5.41, 5.74) is 1.36. The van der Waals surface area contributed by atoms with Crippen molar-refractivity contribution >= 4 is 68.6 Å². The second kappa shape index (κ2) is 8.49. The lowest BCUT2D eigenvalue weighted by atomic mass is 10.2. The number of methoxy groups -OCH3 is 1. The van der Waals surface area contributed by atoms with Crippen LogP contribution in [0.25, 0.3) is 6.08 Å². The first-order valence-electron chi connectivity index (χ1n) is 8.02.